The molecular weight excluding hydrogens is 290 g/mol. The van der Waals surface area contributed by atoms with Crippen molar-refractivity contribution in [2.45, 2.75) is 27.2 Å². The fourth-order valence-corrected chi connectivity index (χ4v) is 1.86. The molecule has 0 bridgehead atoms. The summed E-state index contributed by atoms with van der Waals surface area (Å²) in [6.07, 6.45) is 2.52. The zero-order valence-corrected chi connectivity index (χ0v) is 14.7. The molecule has 0 aromatic carbocycles. The van der Waals surface area contributed by atoms with Crippen molar-refractivity contribution in [3.8, 4) is 0 Å². The summed E-state index contributed by atoms with van der Waals surface area (Å²) < 4.78 is 0. The molecule has 1 rings (SSSR count). The lowest BCUT2D eigenvalue weighted by molar-refractivity contribution is -0.128. The van der Waals surface area contributed by atoms with Gasteiger partial charge < -0.3 is 15.5 Å². The van der Waals surface area contributed by atoms with E-state index in [1.807, 2.05) is 25.1 Å². The van der Waals surface area contributed by atoms with Gasteiger partial charge in [0.15, 0.2) is 5.96 Å². The van der Waals surface area contributed by atoms with Crippen LogP contribution in [0.5, 0.6) is 0 Å². The lowest BCUT2D eigenvalue weighted by Gasteiger charge is -2.17. The van der Waals surface area contributed by atoms with Gasteiger partial charge in [0.25, 0.3) is 0 Å². The smallest absolute Gasteiger partial charge is 0.244 e. The lowest BCUT2D eigenvalue weighted by atomic mass is 10.2. The first-order chi connectivity index (χ1) is 11.0. The van der Waals surface area contributed by atoms with Gasteiger partial charge in [0.05, 0.1) is 0 Å². The number of aliphatic imine (C=N–C) groups is 1. The van der Waals surface area contributed by atoms with Gasteiger partial charge in [-0.05, 0) is 25.0 Å². The summed E-state index contributed by atoms with van der Waals surface area (Å²) in [7, 11) is 1.80. The fraction of sp³-hybridized carbons (Fsp3) is 0.588. The number of carbonyl (C=O) groups excluding carboxylic acids is 1. The van der Waals surface area contributed by atoms with Crippen LogP contribution in [-0.4, -0.2) is 55.0 Å². The predicted molar refractivity (Wildman–Crippen MR) is 94.4 cm³/mol. The van der Waals surface area contributed by atoms with Crippen LogP contribution in [0.2, 0.25) is 0 Å². The third kappa shape index (κ3) is 8.18. The van der Waals surface area contributed by atoms with Crippen molar-refractivity contribution in [2.75, 3.05) is 33.2 Å². The van der Waals surface area contributed by atoms with E-state index < -0.39 is 0 Å². The minimum atomic E-state index is 0.00248. The lowest BCUT2D eigenvalue weighted by Crippen LogP contribution is -2.40. The minimum Gasteiger partial charge on any atom is -0.357 e. The van der Waals surface area contributed by atoms with E-state index in [4.69, 9.17) is 0 Å². The fourth-order valence-electron chi connectivity index (χ4n) is 1.86. The van der Waals surface area contributed by atoms with Crippen molar-refractivity contribution < 1.29 is 4.79 Å². The first-order valence-corrected chi connectivity index (χ1v) is 8.19. The quantitative estimate of drug-likeness (QED) is 0.560. The minimum absolute atomic E-state index is 0.00248. The number of nitrogens with one attached hydrogen (secondary N) is 2. The average molecular weight is 319 g/mol. The molecule has 6 nitrogen and oxygen atoms in total. The molecule has 0 unspecified atom stereocenters. The maximum absolute atomic E-state index is 12.2. The van der Waals surface area contributed by atoms with Crippen molar-refractivity contribution in [1.82, 2.24) is 20.5 Å². The third-order valence-electron chi connectivity index (χ3n) is 3.25. The highest BCUT2D eigenvalue weighted by atomic mass is 16.2. The van der Waals surface area contributed by atoms with Gasteiger partial charge in [-0.25, -0.2) is 4.99 Å². The monoisotopic (exact) mass is 319 g/mol. The zero-order valence-electron chi connectivity index (χ0n) is 14.7. The van der Waals surface area contributed by atoms with Gasteiger partial charge >= 0.3 is 0 Å². The Bertz CT molecular complexity index is 487. The Hall–Kier alpha value is -2.11. The summed E-state index contributed by atoms with van der Waals surface area (Å²) in [6, 6.07) is 5.81. The summed E-state index contributed by atoms with van der Waals surface area (Å²) in [4.78, 5) is 22.5. The number of nitrogens with zero attached hydrogens (tertiary/aromatic N) is 3. The Labute approximate surface area is 139 Å². The first-order valence-electron chi connectivity index (χ1n) is 8.19. The van der Waals surface area contributed by atoms with Gasteiger partial charge in [-0.2, -0.15) is 0 Å². The average Bonchev–Trinajstić information content (AvgIpc) is 2.55. The molecule has 6 heteroatoms. The number of rotatable bonds is 8. The third-order valence-corrected chi connectivity index (χ3v) is 3.25. The number of amides is 1. The van der Waals surface area contributed by atoms with Crippen molar-refractivity contribution in [2.24, 2.45) is 10.9 Å². The zero-order chi connectivity index (χ0) is 17.1. The Balaban J connectivity index is 2.43. The van der Waals surface area contributed by atoms with Crippen molar-refractivity contribution in [3.05, 3.63) is 30.1 Å². The van der Waals surface area contributed by atoms with Crippen LogP contribution < -0.4 is 10.6 Å². The molecule has 0 spiro atoms. The summed E-state index contributed by atoms with van der Waals surface area (Å²) in [5, 5.41) is 6.38. The maximum Gasteiger partial charge on any atom is 0.244 e. The summed E-state index contributed by atoms with van der Waals surface area (Å²) >= 11 is 0. The van der Waals surface area contributed by atoms with Crippen molar-refractivity contribution >= 4 is 11.9 Å². The van der Waals surface area contributed by atoms with Crippen LogP contribution >= 0.6 is 0 Å². The highest BCUT2D eigenvalue weighted by Crippen LogP contribution is 1.97. The standard InChI is InChI=1S/C17H29N5O/c1-5-18-17(20-12-14(2)3)21-13-16(23)22(4)11-9-15-8-6-7-10-19-15/h6-8,10,14H,5,9,11-13H2,1-4H3,(H2,18,20,21). The molecule has 23 heavy (non-hydrogen) atoms. The molecule has 0 aliphatic carbocycles. The van der Waals surface area contributed by atoms with E-state index in [0.29, 0.717) is 18.4 Å². The summed E-state index contributed by atoms with van der Waals surface area (Å²) in [5.41, 5.74) is 0.989. The summed E-state index contributed by atoms with van der Waals surface area (Å²) in [5.74, 6) is 1.21. The molecule has 0 aliphatic heterocycles. The molecular formula is C17H29N5O. The van der Waals surface area contributed by atoms with E-state index in [0.717, 1.165) is 25.2 Å². The SMILES string of the molecule is CCNC(=NCC(=O)N(C)CCc1ccccn1)NCC(C)C. The van der Waals surface area contributed by atoms with Gasteiger partial charge in [0.2, 0.25) is 5.91 Å². The molecule has 0 saturated heterocycles. The Morgan fingerprint density at radius 1 is 1.35 bits per heavy atom. The molecule has 0 radical (unpaired) electrons. The van der Waals surface area contributed by atoms with Crippen molar-refractivity contribution in [3.63, 3.8) is 0 Å². The Morgan fingerprint density at radius 3 is 2.74 bits per heavy atom. The van der Waals surface area contributed by atoms with Gasteiger partial charge in [0, 0.05) is 45.0 Å². The molecule has 2 N–H and O–H groups in total. The summed E-state index contributed by atoms with van der Waals surface area (Å²) in [6.45, 7) is 8.66. The molecule has 0 fully saturated rings. The number of likely N-dealkylation sites (N-methyl/N-ethyl adjacent to an activating group) is 1. The topological polar surface area (TPSA) is 69.6 Å². The number of carbonyl (C=O) groups is 1. The van der Waals surface area contributed by atoms with E-state index in [2.05, 4.69) is 34.5 Å². The molecule has 1 aromatic rings. The number of pyridine rings is 1. The highest BCUT2D eigenvalue weighted by molar-refractivity contribution is 5.84. The van der Waals surface area contributed by atoms with Gasteiger partial charge in [-0.1, -0.05) is 19.9 Å². The van der Waals surface area contributed by atoms with Crippen LogP contribution in [0.15, 0.2) is 29.4 Å². The molecule has 0 aliphatic rings. The van der Waals surface area contributed by atoms with Crippen LogP contribution in [0.25, 0.3) is 0 Å². The first kappa shape index (κ1) is 18.9. The normalized spacial score (nSPS) is 11.4. The maximum atomic E-state index is 12.2. The molecule has 128 valence electrons. The van der Waals surface area contributed by atoms with Gasteiger partial charge in [-0.15, -0.1) is 0 Å². The second-order valence-corrected chi connectivity index (χ2v) is 5.86. The van der Waals surface area contributed by atoms with Crippen LogP contribution in [0.3, 0.4) is 0 Å². The highest BCUT2D eigenvalue weighted by Gasteiger charge is 2.09. The number of hydrogen-bond donors (Lipinski definition) is 2. The van der Waals surface area contributed by atoms with Gasteiger partial charge in [0.1, 0.15) is 6.54 Å². The Kier molecular flexibility index (Phi) is 8.72. The van der Waals surface area contributed by atoms with Gasteiger partial charge in [-0.3, -0.25) is 9.78 Å². The predicted octanol–water partition coefficient (Wildman–Crippen LogP) is 1.29. The molecule has 1 amide bonds. The second-order valence-electron chi connectivity index (χ2n) is 5.86. The molecule has 0 atom stereocenters. The van der Waals surface area contributed by atoms with E-state index in [1.165, 1.54) is 0 Å². The van der Waals surface area contributed by atoms with Crippen LogP contribution in [0.4, 0.5) is 0 Å². The largest absolute Gasteiger partial charge is 0.357 e. The molecule has 1 heterocycles. The number of aromatic nitrogens is 1. The molecule has 1 aromatic heterocycles. The second kappa shape index (κ2) is 10.6. The van der Waals surface area contributed by atoms with Crippen LogP contribution in [0, 0.1) is 5.92 Å². The number of guanidine groups is 1. The number of hydrogen-bond acceptors (Lipinski definition) is 3. The van der Waals surface area contributed by atoms with E-state index in [9.17, 15) is 4.79 Å². The van der Waals surface area contributed by atoms with Crippen LogP contribution in [0.1, 0.15) is 26.5 Å². The van der Waals surface area contributed by atoms with E-state index in [1.54, 1.807) is 18.1 Å². The van der Waals surface area contributed by atoms with E-state index >= 15 is 0 Å². The Morgan fingerprint density at radius 2 is 2.13 bits per heavy atom. The van der Waals surface area contributed by atoms with E-state index in [-0.39, 0.29) is 12.5 Å². The van der Waals surface area contributed by atoms with Crippen LogP contribution in [-0.2, 0) is 11.2 Å². The van der Waals surface area contributed by atoms with Crippen molar-refractivity contribution in [1.29, 1.82) is 0 Å². The molecule has 0 saturated carbocycles.